The highest BCUT2D eigenvalue weighted by atomic mass is 35.5. The van der Waals surface area contributed by atoms with E-state index in [1.807, 2.05) is 12.1 Å². The van der Waals surface area contributed by atoms with Gasteiger partial charge in [0, 0.05) is 39.8 Å². The van der Waals surface area contributed by atoms with Crippen molar-refractivity contribution >= 4 is 28.0 Å². The fourth-order valence-corrected chi connectivity index (χ4v) is 3.45. The molecule has 0 atom stereocenters. The quantitative estimate of drug-likeness (QED) is 0.794. The van der Waals surface area contributed by atoms with Crippen LogP contribution in [-0.4, -0.2) is 59.8 Å². The van der Waals surface area contributed by atoms with E-state index in [1.165, 1.54) is 0 Å². The third-order valence-electron chi connectivity index (χ3n) is 3.68. The average molecular weight is 333 g/mol. The van der Waals surface area contributed by atoms with Crippen LogP contribution in [-0.2, 0) is 21.2 Å². The molecule has 5 nitrogen and oxygen atoms in total. The molecule has 0 aliphatic carbocycles. The van der Waals surface area contributed by atoms with Crippen molar-refractivity contribution < 1.29 is 13.2 Å². The summed E-state index contributed by atoms with van der Waals surface area (Å²) in [4.78, 5) is 4.57. The Hall–Kier alpha value is -0.820. The van der Waals surface area contributed by atoms with Crippen molar-refractivity contribution in [1.29, 1.82) is 0 Å². The summed E-state index contributed by atoms with van der Waals surface area (Å²) >= 11 is 6.36. The van der Waals surface area contributed by atoms with Crippen molar-refractivity contribution in [2.75, 3.05) is 51.3 Å². The summed E-state index contributed by atoms with van der Waals surface area (Å²) < 4.78 is 26.9. The number of thiol groups is 1. The molecule has 0 saturated carbocycles. The zero-order valence-electron chi connectivity index (χ0n) is 12.1. The second kappa shape index (κ2) is 7.98. The van der Waals surface area contributed by atoms with E-state index >= 15 is 0 Å². The average Bonchev–Trinajstić information content (AvgIpc) is 2.47. The molecule has 1 saturated heterocycles. The van der Waals surface area contributed by atoms with Gasteiger partial charge in [-0.1, -0.05) is 23.7 Å². The van der Waals surface area contributed by atoms with E-state index in [0.29, 0.717) is 10.6 Å². The molecule has 1 aliphatic rings. The van der Waals surface area contributed by atoms with E-state index in [4.69, 9.17) is 16.3 Å². The molecular weight excluding hydrogens is 312 g/mol. The van der Waals surface area contributed by atoms with Gasteiger partial charge in [0.2, 0.25) is 0 Å². The SMILES string of the molecule is COCCN1CCN(c2cccc(C[SH](=O)=O)c2Cl)CC1. The lowest BCUT2D eigenvalue weighted by molar-refractivity contribution is 0.144. The molecule has 1 aromatic carbocycles. The van der Waals surface area contributed by atoms with Crippen LogP contribution in [0, 0.1) is 0 Å². The minimum atomic E-state index is -2.46. The van der Waals surface area contributed by atoms with E-state index in [1.54, 1.807) is 13.2 Å². The van der Waals surface area contributed by atoms with Crippen LogP contribution in [0.5, 0.6) is 0 Å². The number of nitrogens with zero attached hydrogens (tertiary/aromatic N) is 2. The van der Waals surface area contributed by atoms with Gasteiger partial charge >= 0.3 is 0 Å². The number of hydrogen-bond acceptors (Lipinski definition) is 5. The molecule has 0 unspecified atom stereocenters. The van der Waals surface area contributed by atoms with Crippen LogP contribution in [0.3, 0.4) is 0 Å². The first-order valence-corrected chi connectivity index (χ1v) is 8.71. The Balaban J connectivity index is 2.03. The maximum absolute atomic E-state index is 10.9. The van der Waals surface area contributed by atoms with E-state index in [9.17, 15) is 8.42 Å². The van der Waals surface area contributed by atoms with Crippen LogP contribution in [0.4, 0.5) is 5.69 Å². The minimum Gasteiger partial charge on any atom is -0.383 e. The lowest BCUT2D eigenvalue weighted by Crippen LogP contribution is -2.47. The lowest BCUT2D eigenvalue weighted by Gasteiger charge is -2.36. The van der Waals surface area contributed by atoms with E-state index in [0.717, 1.165) is 45.0 Å². The molecule has 0 spiro atoms. The zero-order chi connectivity index (χ0) is 15.2. The highest BCUT2D eigenvalue weighted by molar-refractivity contribution is 7.71. The number of rotatable bonds is 6. The summed E-state index contributed by atoms with van der Waals surface area (Å²) in [6.45, 7) is 5.37. The first-order valence-electron chi connectivity index (χ1n) is 6.97. The minimum absolute atomic E-state index is 0.00416. The molecule has 0 aromatic heterocycles. The Morgan fingerprint density at radius 2 is 1.95 bits per heavy atom. The number of methoxy groups -OCH3 is 1. The number of anilines is 1. The molecule has 118 valence electrons. The molecule has 1 aromatic rings. The number of benzene rings is 1. The standard InChI is InChI=1S/C14H21ClN2O3S/c1-20-10-9-16-5-7-17(8-6-16)13-4-2-3-12(14(13)15)11-21(18)19/h2-4,21H,5-11H2,1H3. The van der Waals surface area contributed by atoms with E-state index in [-0.39, 0.29) is 5.75 Å². The topological polar surface area (TPSA) is 49.9 Å². The molecule has 0 bridgehead atoms. The van der Waals surface area contributed by atoms with Crippen molar-refractivity contribution in [3.05, 3.63) is 28.8 Å². The summed E-state index contributed by atoms with van der Waals surface area (Å²) in [5.74, 6) is -0.00416. The van der Waals surface area contributed by atoms with Gasteiger partial charge in [-0.15, -0.1) is 0 Å². The predicted octanol–water partition coefficient (Wildman–Crippen LogP) is 1.22. The zero-order valence-corrected chi connectivity index (χ0v) is 13.8. The number of hydrogen-bond donors (Lipinski definition) is 1. The normalized spacial score (nSPS) is 16.6. The first-order chi connectivity index (χ1) is 10.1. The third-order valence-corrected chi connectivity index (χ3v) is 4.72. The summed E-state index contributed by atoms with van der Waals surface area (Å²) in [5, 5.41) is 0.557. The van der Waals surface area contributed by atoms with Crippen molar-refractivity contribution in [2.45, 2.75) is 5.75 Å². The maximum Gasteiger partial charge on any atom is 0.144 e. The van der Waals surface area contributed by atoms with E-state index < -0.39 is 10.7 Å². The summed E-state index contributed by atoms with van der Waals surface area (Å²) in [6, 6.07) is 5.59. The van der Waals surface area contributed by atoms with Gasteiger partial charge in [0.1, 0.15) is 10.7 Å². The molecule has 0 amide bonds. The molecule has 0 N–H and O–H groups in total. The maximum atomic E-state index is 10.9. The Labute approximate surface area is 132 Å². The third kappa shape index (κ3) is 4.57. The highest BCUT2D eigenvalue weighted by Crippen LogP contribution is 2.30. The van der Waals surface area contributed by atoms with Crippen molar-refractivity contribution in [3.8, 4) is 0 Å². The van der Waals surface area contributed by atoms with Crippen molar-refractivity contribution in [2.24, 2.45) is 0 Å². The van der Waals surface area contributed by atoms with Gasteiger partial charge in [-0.3, -0.25) is 4.90 Å². The monoisotopic (exact) mass is 332 g/mol. The molecule has 21 heavy (non-hydrogen) atoms. The van der Waals surface area contributed by atoms with Crippen LogP contribution < -0.4 is 4.90 Å². The smallest absolute Gasteiger partial charge is 0.144 e. The molecule has 1 heterocycles. The molecule has 0 radical (unpaired) electrons. The van der Waals surface area contributed by atoms with Gasteiger partial charge in [-0.25, -0.2) is 8.42 Å². The van der Waals surface area contributed by atoms with Gasteiger partial charge in [-0.2, -0.15) is 0 Å². The fraction of sp³-hybridized carbons (Fsp3) is 0.571. The van der Waals surface area contributed by atoms with Crippen LogP contribution in [0.25, 0.3) is 0 Å². The first kappa shape index (κ1) is 16.5. The highest BCUT2D eigenvalue weighted by Gasteiger charge is 2.19. The van der Waals surface area contributed by atoms with Gasteiger partial charge in [0.25, 0.3) is 0 Å². The van der Waals surface area contributed by atoms with Crippen LogP contribution in [0.15, 0.2) is 18.2 Å². The van der Waals surface area contributed by atoms with Crippen molar-refractivity contribution in [1.82, 2.24) is 4.90 Å². The lowest BCUT2D eigenvalue weighted by atomic mass is 10.2. The molecule has 1 aliphatic heterocycles. The number of ether oxygens (including phenoxy) is 1. The molecule has 2 rings (SSSR count). The Morgan fingerprint density at radius 1 is 1.24 bits per heavy atom. The van der Waals surface area contributed by atoms with Crippen LogP contribution in [0.2, 0.25) is 5.02 Å². The largest absolute Gasteiger partial charge is 0.383 e. The van der Waals surface area contributed by atoms with Crippen LogP contribution >= 0.6 is 11.6 Å². The van der Waals surface area contributed by atoms with Crippen LogP contribution in [0.1, 0.15) is 5.56 Å². The summed E-state index contributed by atoms with van der Waals surface area (Å²) in [6.07, 6.45) is 0. The summed E-state index contributed by atoms with van der Waals surface area (Å²) in [7, 11) is -0.751. The van der Waals surface area contributed by atoms with Gasteiger partial charge < -0.3 is 9.64 Å². The molecule has 1 fully saturated rings. The Bertz CT molecular complexity index is 535. The Morgan fingerprint density at radius 3 is 2.57 bits per heavy atom. The second-order valence-corrected chi connectivity index (χ2v) is 6.42. The van der Waals surface area contributed by atoms with Gasteiger partial charge in [-0.05, 0) is 11.6 Å². The number of halogens is 1. The number of piperazine rings is 1. The predicted molar refractivity (Wildman–Crippen MR) is 86.0 cm³/mol. The van der Waals surface area contributed by atoms with Gasteiger partial charge in [0.15, 0.2) is 0 Å². The molecule has 7 heteroatoms. The Kier molecular flexibility index (Phi) is 6.29. The molecular formula is C14H21ClN2O3S. The van der Waals surface area contributed by atoms with Gasteiger partial charge in [0.05, 0.1) is 23.1 Å². The van der Waals surface area contributed by atoms with Crippen molar-refractivity contribution in [3.63, 3.8) is 0 Å². The van der Waals surface area contributed by atoms with E-state index in [2.05, 4.69) is 9.80 Å². The summed E-state index contributed by atoms with van der Waals surface area (Å²) in [5.41, 5.74) is 1.60. The second-order valence-electron chi connectivity index (χ2n) is 5.06. The fourth-order valence-electron chi connectivity index (χ4n) is 2.50.